The van der Waals surface area contributed by atoms with E-state index in [1.54, 1.807) is 6.92 Å². The molecule has 2 atom stereocenters. The quantitative estimate of drug-likeness (QED) is 0.826. The van der Waals surface area contributed by atoms with Crippen LogP contribution in [0.15, 0.2) is 18.2 Å². The maximum absolute atomic E-state index is 12.7. The van der Waals surface area contributed by atoms with Crippen molar-refractivity contribution in [1.82, 2.24) is 4.98 Å². The number of carbonyl (C=O) groups excluding carboxylic acids is 1. The molecule has 8 heteroatoms. The molecule has 1 aromatic heterocycles. The summed E-state index contributed by atoms with van der Waals surface area (Å²) in [6, 6.07) is 5.04. The highest BCUT2D eigenvalue weighted by atomic mass is 32.1. The minimum Gasteiger partial charge on any atom is -0.374 e. The fourth-order valence-electron chi connectivity index (χ4n) is 2.16. The molecule has 0 bridgehead atoms. The molecule has 0 aliphatic heterocycles. The normalized spacial score (nSPS) is 14.4. The molecule has 0 fully saturated rings. The third-order valence-corrected chi connectivity index (χ3v) is 4.47. The lowest BCUT2D eigenvalue weighted by Gasteiger charge is -2.13. The van der Waals surface area contributed by atoms with Gasteiger partial charge in [-0.25, -0.2) is 4.98 Å². The number of rotatable bonds is 5. The van der Waals surface area contributed by atoms with Crippen LogP contribution in [0.3, 0.4) is 0 Å². The number of fused-ring (bicyclic) bond motifs is 1. The molecule has 122 valence electrons. The summed E-state index contributed by atoms with van der Waals surface area (Å²) in [4.78, 5) is 16.3. The van der Waals surface area contributed by atoms with Gasteiger partial charge in [0.05, 0.1) is 21.8 Å². The average Bonchev–Trinajstić information content (AvgIpc) is 2.90. The maximum atomic E-state index is 12.7. The van der Waals surface area contributed by atoms with E-state index in [0.29, 0.717) is 11.1 Å². The molecule has 2 rings (SSSR count). The number of alkyl halides is 3. The van der Waals surface area contributed by atoms with Gasteiger partial charge < -0.3 is 4.74 Å². The Bertz CT molecular complexity index is 760. The van der Waals surface area contributed by atoms with E-state index in [9.17, 15) is 23.2 Å². The van der Waals surface area contributed by atoms with E-state index in [0.717, 1.165) is 23.5 Å². The van der Waals surface area contributed by atoms with Crippen molar-refractivity contribution >= 4 is 27.3 Å². The SMILES string of the molecule is CC[C@@H](OC)C(=O)[C@H](C#N)c1nc2cc(C(F)(F)F)ccc2s1. The first-order valence-electron chi connectivity index (χ1n) is 6.75. The number of methoxy groups -OCH3 is 1. The highest BCUT2D eigenvalue weighted by molar-refractivity contribution is 7.18. The third kappa shape index (κ3) is 3.51. The summed E-state index contributed by atoms with van der Waals surface area (Å²) < 4.78 is 43.7. The van der Waals surface area contributed by atoms with Gasteiger partial charge >= 0.3 is 6.18 Å². The molecule has 0 saturated carbocycles. The van der Waals surface area contributed by atoms with Crippen LogP contribution in [0.5, 0.6) is 0 Å². The van der Waals surface area contributed by atoms with E-state index in [4.69, 9.17) is 4.74 Å². The second-order valence-electron chi connectivity index (χ2n) is 4.83. The standard InChI is InChI=1S/C15H13F3N2O2S/c1-3-11(22-2)13(21)9(7-19)14-20-10-6-8(15(16,17)18)4-5-12(10)23-14/h4-6,9,11H,3H2,1-2H3/t9-,11+/m0/s1. The van der Waals surface area contributed by atoms with Gasteiger partial charge in [-0.05, 0) is 24.6 Å². The zero-order chi connectivity index (χ0) is 17.2. The van der Waals surface area contributed by atoms with Crippen LogP contribution in [0.4, 0.5) is 13.2 Å². The van der Waals surface area contributed by atoms with Gasteiger partial charge in [0.1, 0.15) is 11.1 Å². The van der Waals surface area contributed by atoms with Crippen LogP contribution < -0.4 is 0 Å². The number of ketones is 1. The van der Waals surface area contributed by atoms with Crippen LogP contribution in [0.1, 0.15) is 29.8 Å². The van der Waals surface area contributed by atoms with Gasteiger partial charge in [-0.1, -0.05) is 6.92 Å². The van der Waals surface area contributed by atoms with Gasteiger partial charge in [0.25, 0.3) is 0 Å². The molecule has 1 aromatic carbocycles. The number of ether oxygens (including phenoxy) is 1. The Kier molecular flexibility index (Phi) is 5.02. The van der Waals surface area contributed by atoms with Crippen molar-refractivity contribution < 1.29 is 22.7 Å². The van der Waals surface area contributed by atoms with Crippen molar-refractivity contribution in [3.05, 3.63) is 28.8 Å². The first-order chi connectivity index (χ1) is 10.8. The number of halogens is 3. The average molecular weight is 342 g/mol. The first kappa shape index (κ1) is 17.4. The Balaban J connectivity index is 2.43. The van der Waals surface area contributed by atoms with Crippen LogP contribution in [-0.2, 0) is 15.7 Å². The van der Waals surface area contributed by atoms with Gasteiger partial charge in [0, 0.05) is 7.11 Å². The smallest absolute Gasteiger partial charge is 0.374 e. The van der Waals surface area contributed by atoms with Crippen LogP contribution in [0, 0.1) is 11.3 Å². The minimum absolute atomic E-state index is 0.123. The number of thiazole rings is 1. The van der Waals surface area contributed by atoms with Gasteiger partial charge in [-0.2, -0.15) is 18.4 Å². The molecule has 0 spiro atoms. The molecule has 0 radical (unpaired) electrons. The second-order valence-corrected chi connectivity index (χ2v) is 5.89. The first-order valence-corrected chi connectivity index (χ1v) is 7.57. The molecular weight excluding hydrogens is 329 g/mol. The Morgan fingerprint density at radius 3 is 2.70 bits per heavy atom. The van der Waals surface area contributed by atoms with E-state index >= 15 is 0 Å². The Labute approximate surface area is 134 Å². The fourth-order valence-corrected chi connectivity index (χ4v) is 3.16. The number of benzene rings is 1. The number of nitriles is 1. The predicted molar refractivity (Wildman–Crippen MR) is 79.1 cm³/mol. The second kappa shape index (κ2) is 6.64. The highest BCUT2D eigenvalue weighted by Crippen LogP contribution is 2.34. The summed E-state index contributed by atoms with van der Waals surface area (Å²) in [5.74, 6) is -1.58. The predicted octanol–water partition coefficient (Wildman–Crippen LogP) is 3.92. The van der Waals surface area contributed by atoms with Crippen LogP contribution in [0.25, 0.3) is 10.2 Å². The van der Waals surface area contributed by atoms with Crippen molar-refractivity contribution in [2.75, 3.05) is 7.11 Å². The lowest BCUT2D eigenvalue weighted by atomic mass is 10.0. The van der Waals surface area contributed by atoms with Gasteiger partial charge in [0.15, 0.2) is 11.7 Å². The van der Waals surface area contributed by atoms with Crippen molar-refractivity contribution in [2.24, 2.45) is 0 Å². The van der Waals surface area contributed by atoms with E-state index in [1.807, 2.05) is 6.07 Å². The van der Waals surface area contributed by atoms with Crippen LogP contribution in [0.2, 0.25) is 0 Å². The lowest BCUT2D eigenvalue weighted by Crippen LogP contribution is -2.27. The third-order valence-electron chi connectivity index (χ3n) is 3.36. The summed E-state index contributed by atoms with van der Waals surface area (Å²) in [5.41, 5.74) is -0.691. The molecule has 0 aliphatic carbocycles. The zero-order valence-electron chi connectivity index (χ0n) is 12.3. The van der Waals surface area contributed by atoms with Gasteiger partial charge in [0.2, 0.25) is 0 Å². The number of aromatic nitrogens is 1. The van der Waals surface area contributed by atoms with E-state index in [-0.39, 0.29) is 10.5 Å². The number of hydrogen-bond acceptors (Lipinski definition) is 5. The monoisotopic (exact) mass is 342 g/mol. The zero-order valence-corrected chi connectivity index (χ0v) is 13.2. The molecule has 2 aromatic rings. The molecule has 0 N–H and O–H groups in total. The molecule has 23 heavy (non-hydrogen) atoms. The van der Waals surface area contributed by atoms with Gasteiger partial charge in [-0.15, -0.1) is 11.3 Å². The van der Waals surface area contributed by atoms with Crippen molar-refractivity contribution in [2.45, 2.75) is 31.5 Å². The summed E-state index contributed by atoms with van der Waals surface area (Å²) >= 11 is 1.04. The number of nitrogens with zero attached hydrogens (tertiary/aromatic N) is 2. The molecule has 0 saturated heterocycles. The molecule has 4 nitrogen and oxygen atoms in total. The summed E-state index contributed by atoms with van der Waals surface area (Å²) in [7, 11) is 1.37. The Hall–Kier alpha value is -1.98. The minimum atomic E-state index is -4.47. The van der Waals surface area contributed by atoms with Gasteiger partial charge in [-0.3, -0.25) is 4.79 Å². The maximum Gasteiger partial charge on any atom is 0.416 e. The van der Waals surface area contributed by atoms with E-state index < -0.39 is 29.5 Å². The van der Waals surface area contributed by atoms with Crippen LogP contribution >= 0.6 is 11.3 Å². The van der Waals surface area contributed by atoms with Crippen molar-refractivity contribution in [3.8, 4) is 6.07 Å². The molecular formula is C15H13F3N2O2S. The molecule has 1 heterocycles. The summed E-state index contributed by atoms with van der Waals surface area (Å²) in [5, 5.41) is 9.44. The number of Topliss-reactive ketones (excluding diaryl/α,β-unsaturated/α-hetero) is 1. The lowest BCUT2D eigenvalue weighted by molar-refractivity contribution is -0.137. The molecule has 0 unspecified atom stereocenters. The highest BCUT2D eigenvalue weighted by Gasteiger charge is 2.32. The Morgan fingerprint density at radius 1 is 1.48 bits per heavy atom. The molecule has 0 amide bonds. The number of carbonyl (C=O) groups is 1. The largest absolute Gasteiger partial charge is 0.416 e. The van der Waals surface area contributed by atoms with E-state index in [1.165, 1.54) is 13.2 Å². The topological polar surface area (TPSA) is 63.0 Å². The summed E-state index contributed by atoms with van der Waals surface area (Å²) in [6.07, 6.45) is -4.81. The summed E-state index contributed by atoms with van der Waals surface area (Å²) in [6.45, 7) is 1.74. The van der Waals surface area contributed by atoms with Crippen molar-refractivity contribution in [3.63, 3.8) is 0 Å². The molecule has 0 aliphatic rings. The number of hydrogen-bond donors (Lipinski definition) is 0. The fraction of sp³-hybridized carbons (Fsp3) is 0.400. The van der Waals surface area contributed by atoms with Crippen molar-refractivity contribution in [1.29, 1.82) is 5.26 Å². The van der Waals surface area contributed by atoms with Crippen LogP contribution in [-0.4, -0.2) is 24.0 Å². The Morgan fingerprint density at radius 2 is 2.17 bits per heavy atom. The van der Waals surface area contributed by atoms with E-state index in [2.05, 4.69) is 4.98 Å².